The van der Waals surface area contributed by atoms with Gasteiger partial charge in [-0.05, 0) is 12.1 Å². The van der Waals surface area contributed by atoms with E-state index in [2.05, 4.69) is 30.1 Å². The Hall–Kier alpha value is -4.51. The summed E-state index contributed by atoms with van der Waals surface area (Å²) in [6, 6.07) is 5.77. The van der Waals surface area contributed by atoms with Crippen LogP contribution in [0, 0.1) is 0 Å². The third kappa shape index (κ3) is 4.33. The lowest BCUT2D eigenvalue weighted by Crippen LogP contribution is -2.40. The molecule has 5 aromatic heterocycles. The molecule has 0 unspecified atom stereocenters. The second-order valence-corrected chi connectivity index (χ2v) is 8.87. The highest BCUT2D eigenvalue weighted by Crippen LogP contribution is 2.29. The zero-order valence-corrected chi connectivity index (χ0v) is 20.2. The van der Waals surface area contributed by atoms with Crippen LogP contribution in [-0.4, -0.2) is 78.0 Å². The van der Waals surface area contributed by atoms with Crippen molar-refractivity contribution in [3.8, 4) is 22.6 Å². The van der Waals surface area contributed by atoms with Crippen LogP contribution in [0.5, 0.6) is 0 Å². The molecule has 1 aliphatic heterocycles. The number of morpholine rings is 1. The van der Waals surface area contributed by atoms with Crippen LogP contribution in [0.25, 0.3) is 44.7 Å². The Balaban J connectivity index is 1.35. The molecule has 0 radical (unpaired) electrons. The summed E-state index contributed by atoms with van der Waals surface area (Å²) in [6.45, 7) is 3.96. The molecule has 1 amide bonds. The van der Waals surface area contributed by atoms with E-state index < -0.39 is 0 Å². The van der Waals surface area contributed by atoms with Crippen molar-refractivity contribution >= 4 is 33.8 Å². The Bertz CT molecular complexity index is 1620. The number of ether oxygens (including phenoxy) is 1. The molecule has 5 aromatic rings. The number of carbonyl (C=O) groups excluding carboxylic acids is 2. The molecule has 1 fully saturated rings. The minimum absolute atomic E-state index is 0.116. The predicted molar refractivity (Wildman–Crippen MR) is 136 cm³/mol. The molecular formula is C26H24N8O3. The van der Waals surface area contributed by atoms with E-state index in [0.717, 1.165) is 22.2 Å². The molecule has 6 heterocycles. The van der Waals surface area contributed by atoms with Gasteiger partial charge in [0.15, 0.2) is 11.5 Å². The summed E-state index contributed by atoms with van der Waals surface area (Å²) in [7, 11) is 0. The van der Waals surface area contributed by atoms with Gasteiger partial charge >= 0.3 is 0 Å². The van der Waals surface area contributed by atoms with E-state index in [9.17, 15) is 9.59 Å². The van der Waals surface area contributed by atoms with Crippen molar-refractivity contribution in [3.63, 3.8) is 0 Å². The highest BCUT2D eigenvalue weighted by atomic mass is 16.5. The van der Waals surface area contributed by atoms with Crippen LogP contribution in [0.2, 0.25) is 0 Å². The van der Waals surface area contributed by atoms with Gasteiger partial charge in [-0.3, -0.25) is 24.7 Å². The van der Waals surface area contributed by atoms with Gasteiger partial charge in [0.05, 0.1) is 35.9 Å². The first-order chi connectivity index (χ1) is 18.1. The molecule has 0 spiro atoms. The number of nitrogens with zero attached hydrogens (tertiary/aromatic N) is 6. The van der Waals surface area contributed by atoms with Gasteiger partial charge in [0.1, 0.15) is 17.0 Å². The van der Waals surface area contributed by atoms with Crippen molar-refractivity contribution in [2.45, 2.75) is 19.8 Å². The first-order valence-electron chi connectivity index (χ1n) is 12.1. The molecule has 1 saturated heterocycles. The highest BCUT2D eigenvalue weighted by molar-refractivity contribution is 6.05. The van der Waals surface area contributed by atoms with Gasteiger partial charge in [-0.25, -0.2) is 9.97 Å². The number of imidazole rings is 1. The predicted octanol–water partition coefficient (Wildman–Crippen LogP) is 2.95. The van der Waals surface area contributed by atoms with E-state index in [1.54, 1.807) is 29.7 Å². The van der Waals surface area contributed by atoms with Crippen LogP contribution in [0.1, 0.15) is 29.4 Å². The second-order valence-electron chi connectivity index (χ2n) is 8.87. The average Bonchev–Trinajstić information content (AvgIpc) is 3.57. The summed E-state index contributed by atoms with van der Waals surface area (Å²) in [6.07, 6.45) is 7.52. The first kappa shape index (κ1) is 22.9. The Kier molecular flexibility index (Phi) is 5.89. The number of pyridine rings is 3. The fourth-order valence-corrected chi connectivity index (χ4v) is 4.41. The van der Waals surface area contributed by atoms with Crippen molar-refractivity contribution in [2.75, 3.05) is 26.3 Å². The Morgan fingerprint density at radius 1 is 1.05 bits per heavy atom. The summed E-state index contributed by atoms with van der Waals surface area (Å²) in [5.74, 6) is 0.573. The van der Waals surface area contributed by atoms with Gasteiger partial charge in [-0.2, -0.15) is 5.10 Å². The van der Waals surface area contributed by atoms with Crippen LogP contribution < -0.4 is 0 Å². The Labute approximate surface area is 211 Å². The monoisotopic (exact) mass is 496 g/mol. The number of hydrogen-bond acceptors (Lipinski definition) is 8. The SMILES string of the molecule is CCC(=O)Cc1ccc(-c2cnc3n[nH]c(-c4nc5c(C(=O)N6CCOCC6)cncc5[nH]4)c3c2)cn1. The maximum atomic E-state index is 13.1. The lowest BCUT2D eigenvalue weighted by molar-refractivity contribution is -0.118. The molecule has 0 saturated carbocycles. The lowest BCUT2D eigenvalue weighted by Gasteiger charge is -2.26. The van der Waals surface area contributed by atoms with Gasteiger partial charge in [0.25, 0.3) is 5.91 Å². The van der Waals surface area contributed by atoms with E-state index in [4.69, 9.17) is 9.72 Å². The van der Waals surface area contributed by atoms with E-state index in [1.165, 1.54) is 0 Å². The molecular weight excluding hydrogens is 472 g/mol. The fourth-order valence-electron chi connectivity index (χ4n) is 4.41. The summed E-state index contributed by atoms with van der Waals surface area (Å²) >= 11 is 0. The number of aromatic amines is 2. The van der Waals surface area contributed by atoms with Crippen LogP contribution in [0.3, 0.4) is 0 Å². The lowest BCUT2D eigenvalue weighted by atomic mass is 10.1. The van der Waals surface area contributed by atoms with Crippen LogP contribution >= 0.6 is 0 Å². The summed E-state index contributed by atoms with van der Waals surface area (Å²) in [5.41, 5.74) is 5.32. The van der Waals surface area contributed by atoms with Crippen LogP contribution in [-0.2, 0) is 16.0 Å². The highest BCUT2D eigenvalue weighted by Gasteiger charge is 2.23. The summed E-state index contributed by atoms with van der Waals surface area (Å²) in [5, 5.41) is 8.13. The second kappa shape index (κ2) is 9.51. The maximum absolute atomic E-state index is 13.1. The number of aromatic nitrogens is 7. The zero-order chi connectivity index (χ0) is 25.4. The Morgan fingerprint density at radius 2 is 1.89 bits per heavy atom. The molecule has 1 aliphatic rings. The van der Waals surface area contributed by atoms with Crippen molar-refractivity contribution in [1.82, 2.24) is 40.0 Å². The zero-order valence-electron chi connectivity index (χ0n) is 20.2. The number of Topliss-reactive ketones (excluding diaryl/α,β-unsaturated/α-hetero) is 1. The van der Waals surface area contributed by atoms with Gasteiger partial charge in [0.2, 0.25) is 0 Å². The van der Waals surface area contributed by atoms with Gasteiger partial charge in [-0.1, -0.05) is 13.0 Å². The maximum Gasteiger partial charge on any atom is 0.257 e. The quantitative estimate of drug-likeness (QED) is 0.365. The molecule has 11 heteroatoms. The molecule has 0 aliphatic carbocycles. The molecule has 0 aromatic carbocycles. The standard InChI is InChI=1S/C26H24N8O3/c1-2-18(35)10-17-4-3-15(11-28-17)16-9-19-23(32-33-24(19)29-12-16)25-30-21-14-27-13-20(22(21)31-25)26(36)34-5-7-37-8-6-34/h3-4,9,11-14H,2,5-8,10H2,1H3,(H,30,31)(H,29,32,33). The molecule has 0 atom stereocenters. The van der Waals surface area contributed by atoms with Crippen molar-refractivity contribution < 1.29 is 14.3 Å². The smallest absolute Gasteiger partial charge is 0.257 e. The number of ketones is 1. The topological polar surface area (TPSA) is 143 Å². The fraction of sp³-hybridized carbons (Fsp3) is 0.269. The van der Waals surface area contributed by atoms with E-state index in [-0.39, 0.29) is 11.7 Å². The summed E-state index contributed by atoms with van der Waals surface area (Å²) < 4.78 is 5.37. The number of hydrogen-bond donors (Lipinski definition) is 2. The summed E-state index contributed by atoms with van der Waals surface area (Å²) in [4.78, 5) is 47.8. The average molecular weight is 497 g/mol. The number of rotatable bonds is 6. The van der Waals surface area contributed by atoms with Crippen molar-refractivity contribution in [3.05, 3.63) is 54.2 Å². The molecule has 2 N–H and O–H groups in total. The minimum atomic E-state index is -0.116. The molecule has 0 bridgehead atoms. The van der Waals surface area contributed by atoms with Crippen molar-refractivity contribution in [1.29, 1.82) is 0 Å². The van der Waals surface area contributed by atoms with E-state index in [1.807, 2.05) is 25.1 Å². The number of amides is 1. The van der Waals surface area contributed by atoms with Crippen molar-refractivity contribution in [2.24, 2.45) is 0 Å². The third-order valence-corrected chi connectivity index (χ3v) is 6.50. The molecule has 6 rings (SSSR count). The van der Waals surface area contributed by atoms with E-state index in [0.29, 0.717) is 72.9 Å². The van der Waals surface area contributed by atoms with Crippen LogP contribution in [0.15, 0.2) is 43.0 Å². The largest absolute Gasteiger partial charge is 0.378 e. The normalized spacial score (nSPS) is 13.9. The Morgan fingerprint density at radius 3 is 2.68 bits per heavy atom. The number of carbonyl (C=O) groups is 2. The van der Waals surface area contributed by atoms with Gasteiger partial charge < -0.3 is 14.6 Å². The number of fused-ring (bicyclic) bond motifs is 2. The molecule has 37 heavy (non-hydrogen) atoms. The molecule has 11 nitrogen and oxygen atoms in total. The minimum Gasteiger partial charge on any atom is -0.378 e. The van der Waals surface area contributed by atoms with E-state index >= 15 is 0 Å². The first-order valence-corrected chi connectivity index (χ1v) is 12.1. The van der Waals surface area contributed by atoms with Crippen LogP contribution in [0.4, 0.5) is 0 Å². The third-order valence-electron chi connectivity index (χ3n) is 6.50. The van der Waals surface area contributed by atoms with Gasteiger partial charge in [0, 0.05) is 61.3 Å². The molecule has 186 valence electrons. The number of nitrogens with one attached hydrogen (secondary N) is 2. The number of H-pyrrole nitrogens is 2. The van der Waals surface area contributed by atoms with Gasteiger partial charge in [-0.15, -0.1) is 0 Å².